The maximum atomic E-state index is 15.0. The minimum absolute atomic E-state index is 0.128. The predicted molar refractivity (Wildman–Crippen MR) is 136 cm³/mol. The van der Waals surface area contributed by atoms with Crippen LogP contribution in [0, 0.1) is 35.0 Å². The van der Waals surface area contributed by atoms with Crippen LogP contribution in [-0.4, -0.2) is 49.0 Å². The zero-order valence-corrected chi connectivity index (χ0v) is 23.5. The van der Waals surface area contributed by atoms with Crippen LogP contribution >= 0.6 is 0 Å². The normalized spacial score (nSPS) is 34.1. The summed E-state index contributed by atoms with van der Waals surface area (Å²) in [6.45, 7) is 6.08. The Labute approximate surface area is 231 Å². The topological polar surface area (TPSA) is 63.6 Å². The first kappa shape index (κ1) is 31.8. The Hall–Kier alpha value is -1.14. The van der Waals surface area contributed by atoms with E-state index >= 15 is 4.39 Å². The average molecular weight is 605 g/mol. The van der Waals surface area contributed by atoms with Gasteiger partial charge in [0, 0.05) is 18.9 Å². The predicted octanol–water partition coefficient (Wildman–Crippen LogP) is 8.01. The Kier molecular flexibility index (Phi) is 8.62. The third kappa shape index (κ3) is 5.50. The van der Waals surface area contributed by atoms with Crippen LogP contribution in [-0.2, 0) is 14.9 Å². The molecule has 0 radical (unpaired) electrons. The minimum atomic E-state index is -6.29. The molecule has 0 amide bonds. The van der Waals surface area contributed by atoms with E-state index in [2.05, 4.69) is 13.5 Å². The van der Waals surface area contributed by atoms with Crippen molar-refractivity contribution in [2.24, 2.45) is 35.0 Å². The zero-order chi connectivity index (χ0) is 29.8. The summed E-state index contributed by atoms with van der Waals surface area (Å²) in [5, 5.41) is -5.43. The average Bonchev–Trinajstić information content (AvgIpc) is 3.42. The highest BCUT2D eigenvalue weighted by Crippen LogP contribution is 2.64. The molecule has 0 aromatic rings. The molecule has 0 aromatic heterocycles. The van der Waals surface area contributed by atoms with Gasteiger partial charge in [-0.1, -0.05) is 26.0 Å². The van der Waals surface area contributed by atoms with E-state index in [9.17, 15) is 34.8 Å². The number of halogens is 7. The van der Waals surface area contributed by atoms with Crippen molar-refractivity contribution >= 4 is 10.1 Å². The number of alkyl halides is 7. The molecule has 2 bridgehead atoms. The standard InChI is InChI=1S/C28H39F7O4S/c1-3-25(29,28(34,35)40(36,37)38)21-7-8-22(13-21)27(32,33)26(30,31)9-5-4-6-10-39-17-24-14-18(2)11-19-12-20(15-24)23(19)16-24/h3,7,18-20,22-23H,1,4-6,8-17H2,2H3,(H,36,37,38). The van der Waals surface area contributed by atoms with E-state index in [4.69, 9.17) is 9.29 Å². The van der Waals surface area contributed by atoms with Crippen molar-refractivity contribution < 1.29 is 48.4 Å². The maximum absolute atomic E-state index is 15.0. The van der Waals surface area contributed by atoms with Crippen LogP contribution < -0.4 is 0 Å². The molecule has 4 aliphatic rings. The number of hydrogen-bond donors (Lipinski definition) is 1. The van der Waals surface area contributed by atoms with E-state index in [0.29, 0.717) is 31.6 Å². The van der Waals surface area contributed by atoms with E-state index in [0.717, 1.165) is 24.2 Å². The van der Waals surface area contributed by atoms with Crippen molar-refractivity contribution in [2.45, 2.75) is 100 Å². The van der Waals surface area contributed by atoms with E-state index in [1.807, 2.05) is 0 Å². The molecular weight excluding hydrogens is 565 g/mol. The number of allylic oxidation sites excluding steroid dienone is 3. The molecule has 0 heterocycles. The monoisotopic (exact) mass is 604 g/mol. The Balaban J connectivity index is 1.22. The van der Waals surface area contributed by atoms with Crippen molar-refractivity contribution in [1.29, 1.82) is 0 Å². The number of hydrogen-bond acceptors (Lipinski definition) is 3. The molecule has 4 aliphatic carbocycles. The van der Waals surface area contributed by atoms with Gasteiger partial charge in [-0.15, -0.1) is 0 Å². The molecule has 7 unspecified atom stereocenters. The fourth-order valence-electron chi connectivity index (χ4n) is 7.99. The third-order valence-corrected chi connectivity index (χ3v) is 10.9. The molecule has 230 valence electrons. The molecule has 0 aliphatic heterocycles. The van der Waals surface area contributed by atoms with E-state index in [-0.39, 0.29) is 24.3 Å². The number of fused-ring (bicyclic) bond motifs is 1. The van der Waals surface area contributed by atoms with Crippen LogP contribution in [0.1, 0.15) is 77.6 Å². The minimum Gasteiger partial charge on any atom is -0.381 e. The fourth-order valence-corrected chi connectivity index (χ4v) is 8.58. The Morgan fingerprint density at radius 2 is 1.75 bits per heavy atom. The summed E-state index contributed by atoms with van der Waals surface area (Å²) < 4.78 is 139. The highest BCUT2D eigenvalue weighted by molar-refractivity contribution is 7.87. The van der Waals surface area contributed by atoms with E-state index in [1.54, 1.807) is 0 Å². The summed E-state index contributed by atoms with van der Waals surface area (Å²) in [5.41, 5.74) is -5.18. The lowest BCUT2D eigenvalue weighted by atomic mass is 9.63. The number of ether oxygens (including phenoxy) is 1. The van der Waals surface area contributed by atoms with Gasteiger partial charge < -0.3 is 4.74 Å². The highest BCUT2D eigenvalue weighted by Gasteiger charge is 2.67. The summed E-state index contributed by atoms with van der Waals surface area (Å²) in [4.78, 5) is 0. The van der Waals surface area contributed by atoms with Gasteiger partial charge in [0.2, 0.25) is 5.67 Å². The first-order valence-corrected chi connectivity index (χ1v) is 15.5. The van der Waals surface area contributed by atoms with Gasteiger partial charge in [0.05, 0.1) is 6.61 Å². The highest BCUT2D eigenvalue weighted by atomic mass is 32.2. The third-order valence-electron chi connectivity index (χ3n) is 9.97. The molecule has 4 nitrogen and oxygen atoms in total. The van der Waals surface area contributed by atoms with Gasteiger partial charge in [0.15, 0.2) is 0 Å². The van der Waals surface area contributed by atoms with Crippen molar-refractivity contribution in [3.63, 3.8) is 0 Å². The summed E-state index contributed by atoms with van der Waals surface area (Å²) in [6.07, 6.45) is 3.73. The molecular formula is C28H39F7O4S. The van der Waals surface area contributed by atoms with Crippen LogP contribution in [0.2, 0.25) is 0 Å². The summed E-state index contributed by atoms with van der Waals surface area (Å²) in [6, 6.07) is 0. The van der Waals surface area contributed by atoms with Crippen LogP contribution in [0.4, 0.5) is 30.7 Å². The smallest absolute Gasteiger partial charge is 0.381 e. The molecule has 3 fully saturated rings. The summed E-state index contributed by atoms with van der Waals surface area (Å²) in [7, 11) is -6.29. The Morgan fingerprint density at radius 1 is 1.05 bits per heavy atom. The molecule has 3 saturated carbocycles. The molecule has 1 N–H and O–H groups in total. The zero-order valence-electron chi connectivity index (χ0n) is 22.7. The summed E-state index contributed by atoms with van der Waals surface area (Å²) >= 11 is 0. The number of unbranched alkanes of at least 4 members (excludes halogenated alkanes) is 2. The van der Waals surface area contributed by atoms with Crippen LogP contribution in [0.15, 0.2) is 24.3 Å². The maximum Gasteiger partial charge on any atom is 0.410 e. The lowest BCUT2D eigenvalue weighted by molar-refractivity contribution is -0.238. The molecule has 12 heteroatoms. The molecule has 0 aromatic carbocycles. The second kappa shape index (κ2) is 10.8. The first-order valence-electron chi connectivity index (χ1n) is 14.1. The molecule has 7 atom stereocenters. The van der Waals surface area contributed by atoms with Crippen molar-refractivity contribution in [1.82, 2.24) is 0 Å². The fraction of sp³-hybridized carbons (Fsp3) is 0.857. The van der Waals surface area contributed by atoms with Gasteiger partial charge in [-0.3, -0.25) is 4.55 Å². The van der Waals surface area contributed by atoms with Crippen LogP contribution in [0.25, 0.3) is 0 Å². The lowest BCUT2D eigenvalue weighted by Gasteiger charge is -2.42. The quantitative estimate of drug-likeness (QED) is 0.0945. The van der Waals surface area contributed by atoms with Crippen molar-refractivity contribution in [2.75, 3.05) is 13.2 Å². The first-order chi connectivity index (χ1) is 18.4. The van der Waals surface area contributed by atoms with Gasteiger partial charge in [-0.25, -0.2) is 4.39 Å². The van der Waals surface area contributed by atoms with E-state index in [1.165, 1.54) is 25.7 Å². The summed E-state index contributed by atoms with van der Waals surface area (Å²) in [5.74, 6) is -8.27. The van der Waals surface area contributed by atoms with Crippen LogP contribution in [0.5, 0.6) is 0 Å². The Bertz CT molecular complexity index is 1090. The van der Waals surface area contributed by atoms with Gasteiger partial charge in [0.25, 0.3) is 0 Å². The molecule has 0 spiro atoms. The molecule has 0 saturated heterocycles. The van der Waals surface area contributed by atoms with Crippen molar-refractivity contribution in [3.8, 4) is 0 Å². The van der Waals surface area contributed by atoms with Crippen molar-refractivity contribution in [3.05, 3.63) is 24.3 Å². The lowest BCUT2D eigenvalue weighted by Crippen LogP contribution is -2.50. The largest absolute Gasteiger partial charge is 0.410 e. The second-order valence-corrected chi connectivity index (χ2v) is 14.3. The van der Waals surface area contributed by atoms with Gasteiger partial charge in [-0.05, 0) is 98.5 Å². The van der Waals surface area contributed by atoms with Gasteiger partial charge >= 0.3 is 27.2 Å². The SMILES string of the molecule is C=CC(F)(C1=CCC(C(F)(F)C(F)(F)CCCCCOCC23CC(C)CC4CC(C2)C4C3)C1)C(F)(F)S(=O)(=O)O. The molecule has 40 heavy (non-hydrogen) atoms. The molecule has 4 rings (SSSR count). The van der Waals surface area contributed by atoms with Gasteiger partial charge in [-0.2, -0.15) is 34.8 Å². The van der Waals surface area contributed by atoms with E-state index < -0.39 is 63.6 Å². The second-order valence-electron chi connectivity index (χ2n) is 12.8. The Morgan fingerprint density at radius 3 is 2.40 bits per heavy atom. The van der Waals surface area contributed by atoms with Crippen LogP contribution in [0.3, 0.4) is 0 Å². The number of rotatable bonds is 14. The van der Waals surface area contributed by atoms with Gasteiger partial charge in [0.1, 0.15) is 0 Å².